The minimum Gasteiger partial charge on any atom is -0.490 e. The van der Waals surface area contributed by atoms with Gasteiger partial charge >= 0.3 is 12.1 Å². The van der Waals surface area contributed by atoms with E-state index in [1.165, 1.54) is 0 Å². The lowest BCUT2D eigenvalue weighted by Crippen LogP contribution is -2.34. The topological polar surface area (TPSA) is 66.8 Å². The SMILES string of the molecule is O=C(O)c1c(F)cccc1OCC(O)C(F)(F)F. The number of hydrogen-bond donors (Lipinski definition) is 2. The van der Waals surface area contributed by atoms with E-state index in [9.17, 15) is 22.4 Å². The van der Waals surface area contributed by atoms with Crippen LogP contribution in [0.25, 0.3) is 0 Å². The number of halogens is 4. The summed E-state index contributed by atoms with van der Waals surface area (Å²) in [5, 5.41) is 17.3. The maximum Gasteiger partial charge on any atom is 0.417 e. The van der Waals surface area contributed by atoms with Crippen LogP contribution in [0, 0.1) is 5.82 Å². The van der Waals surface area contributed by atoms with Crippen molar-refractivity contribution in [2.75, 3.05) is 6.61 Å². The number of aromatic carboxylic acids is 1. The summed E-state index contributed by atoms with van der Waals surface area (Å²) in [5.41, 5.74) is -0.883. The van der Waals surface area contributed by atoms with Gasteiger partial charge in [0.25, 0.3) is 0 Å². The van der Waals surface area contributed by atoms with Crippen LogP contribution in [0.3, 0.4) is 0 Å². The van der Waals surface area contributed by atoms with E-state index in [-0.39, 0.29) is 0 Å². The molecule has 0 radical (unpaired) electrons. The molecule has 8 heteroatoms. The van der Waals surface area contributed by atoms with Gasteiger partial charge in [0, 0.05) is 0 Å². The number of benzene rings is 1. The highest BCUT2D eigenvalue weighted by Gasteiger charge is 2.39. The molecule has 18 heavy (non-hydrogen) atoms. The molecule has 0 fully saturated rings. The molecule has 1 rings (SSSR count). The van der Waals surface area contributed by atoms with Gasteiger partial charge in [0.15, 0.2) is 6.10 Å². The predicted octanol–water partition coefficient (Wildman–Crippen LogP) is 1.83. The highest BCUT2D eigenvalue weighted by atomic mass is 19.4. The molecule has 0 aliphatic heterocycles. The van der Waals surface area contributed by atoms with Crippen LogP contribution in [0.4, 0.5) is 17.6 Å². The van der Waals surface area contributed by atoms with Crippen molar-refractivity contribution in [2.24, 2.45) is 0 Å². The molecule has 0 heterocycles. The fraction of sp³-hybridized carbons (Fsp3) is 0.300. The number of aliphatic hydroxyl groups excluding tert-OH is 1. The van der Waals surface area contributed by atoms with E-state index in [0.29, 0.717) is 0 Å². The number of carbonyl (C=O) groups is 1. The number of ether oxygens (including phenoxy) is 1. The lowest BCUT2D eigenvalue weighted by atomic mass is 10.2. The van der Waals surface area contributed by atoms with Crippen molar-refractivity contribution in [1.29, 1.82) is 0 Å². The van der Waals surface area contributed by atoms with Gasteiger partial charge in [-0.25, -0.2) is 9.18 Å². The third kappa shape index (κ3) is 3.33. The lowest BCUT2D eigenvalue weighted by molar-refractivity contribution is -0.210. The molecule has 1 atom stereocenters. The molecule has 0 saturated heterocycles. The van der Waals surface area contributed by atoms with E-state index >= 15 is 0 Å². The Kier molecular flexibility index (Phi) is 4.12. The lowest BCUT2D eigenvalue weighted by Gasteiger charge is -2.16. The normalized spacial score (nSPS) is 13.2. The Morgan fingerprint density at radius 2 is 2.00 bits per heavy atom. The largest absolute Gasteiger partial charge is 0.490 e. The molecule has 0 amide bonds. The molecule has 0 spiro atoms. The van der Waals surface area contributed by atoms with Crippen LogP contribution < -0.4 is 4.74 Å². The molecule has 0 aromatic heterocycles. The van der Waals surface area contributed by atoms with Gasteiger partial charge in [-0.1, -0.05) is 6.07 Å². The molecule has 2 N–H and O–H groups in total. The number of carboxylic acid groups (broad SMARTS) is 1. The third-order valence-corrected chi connectivity index (χ3v) is 1.96. The average Bonchev–Trinajstić information content (AvgIpc) is 2.23. The van der Waals surface area contributed by atoms with E-state index in [4.69, 9.17) is 10.2 Å². The van der Waals surface area contributed by atoms with Gasteiger partial charge < -0.3 is 14.9 Å². The Labute approximate surface area is 98.4 Å². The molecule has 0 saturated carbocycles. The molecule has 0 bridgehead atoms. The molecule has 0 aliphatic carbocycles. The first kappa shape index (κ1) is 14.2. The number of carboxylic acids is 1. The monoisotopic (exact) mass is 268 g/mol. The highest BCUT2D eigenvalue weighted by molar-refractivity contribution is 5.91. The van der Waals surface area contributed by atoms with Crippen LogP contribution in [0.1, 0.15) is 10.4 Å². The summed E-state index contributed by atoms with van der Waals surface area (Å²) < 4.78 is 53.5. The number of aliphatic hydroxyl groups is 1. The van der Waals surface area contributed by atoms with Crippen molar-refractivity contribution in [1.82, 2.24) is 0 Å². The summed E-state index contributed by atoms with van der Waals surface area (Å²) in [6, 6.07) is 2.91. The van der Waals surface area contributed by atoms with E-state index < -0.39 is 42.0 Å². The van der Waals surface area contributed by atoms with Gasteiger partial charge in [0.1, 0.15) is 23.7 Å². The molecule has 4 nitrogen and oxygen atoms in total. The van der Waals surface area contributed by atoms with E-state index in [0.717, 1.165) is 18.2 Å². The maximum absolute atomic E-state index is 13.1. The summed E-state index contributed by atoms with van der Waals surface area (Å²) in [5.74, 6) is -3.39. The minimum absolute atomic E-state index is 0.578. The quantitative estimate of drug-likeness (QED) is 0.817. The van der Waals surface area contributed by atoms with Crippen LogP contribution in [-0.4, -0.2) is 35.1 Å². The van der Waals surface area contributed by atoms with Gasteiger partial charge in [-0.2, -0.15) is 13.2 Å². The molecule has 0 aliphatic rings. The Bertz CT molecular complexity index is 444. The van der Waals surface area contributed by atoms with Crippen LogP contribution >= 0.6 is 0 Å². The summed E-state index contributed by atoms with van der Waals surface area (Å²) in [6.07, 6.45) is -7.67. The second kappa shape index (κ2) is 5.21. The smallest absolute Gasteiger partial charge is 0.417 e. The summed E-state index contributed by atoms with van der Waals surface area (Å²) in [4.78, 5) is 10.7. The van der Waals surface area contributed by atoms with Gasteiger partial charge in [-0.3, -0.25) is 0 Å². The van der Waals surface area contributed by atoms with Gasteiger partial charge in [0.05, 0.1) is 0 Å². The molecular formula is C10H8F4O4. The highest BCUT2D eigenvalue weighted by Crippen LogP contribution is 2.24. The number of alkyl halides is 3. The van der Waals surface area contributed by atoms with Crippen LogP contribution in [0.5, 0.6) is 5.75 Å². The second-order valence-corrected chi connectivity index (χ2v) is 3.29. The Hall–Kier alpha value is -1.83. The van der Waals surface area contributed by atoms with Crippen molar-refractivity contribution >= 4 is 5.97 Å². The fourth-order valence-electron chi connectivity index (χ4n) is 1.10. The first-order valence-electron chi connectivity index (χ1n) is 4.63. The van der Waals surface area contributed by atoms with Crippen LogP contribution in [-0.2, 0) is 0 Å². The van der Waals surface area contributed by atoms with Gasteiger partial charge in [-0.05, 0) is 12.1 Å². The van der Waals surface area contributed by atoms with Crippen LogP contribution in [0.2, 0.25) is 0 Å². The predicted molar refractivity (Wildman–Crippen MR) is 50.9 cm³/mol. The van der Waals surface area contributed by atoms with E-state index in [2.05, 4.69) is 4.74 Å². The van der Waals surface area contributed by atoms with Gasteiger partial charge in [0.2, 0.25) is 0 Å². The number of rotatable bonds is 4. The third-order valence-electron chi connectivity index (χ3n) is 1.96. The van der Waals surface area contributed by atoms with Crippen molar-refractivity contribution in [2.45, 2.75) is 12.3 Å². The van der Waals surface area contributed by atoms with Crippen molar-refractivity contribution < 1.29 is 37.3 Å². The summed E-state index contributed by atoms with van der Waals surface area (Å²) >= 11 is 0. The van der Waals surface area contributed by atoms with Crippen LogP contribution in [0.15, 0.2) is 18.2 Å². The van der Waals surface area contributed by atoms with E-state index in [1.807, 2.05) is 0 Å². The average molecular weight is 268 g/mol. The minimum atomic E-state index is -4.89. The summed E-state index contributed by atoms with van der Waals surface area (Å²) in [7, 11) is 0. The first-order valence-corrected chi connectivity index (χ1v) is 4.63. The Morgan fingerprint density at radius 1 is 1.39 bits per heavy atom. The van der Waals surface area contributed by atoms with Crippen molar-refractivity contribution in [3.63, 3.8) is 0 Å². The molecule has 100 valence electrons. The molecular weight excluding hydrogens is 260 g/mol. The van der Waals surface area contributed by atoms with E-state index in [1.54, 1.807) is 0 Å². The molecule has 1 unspecified atom stereocenters. The Morgan fingerprint density at radius 3 is 2.50 bits per heavy atom. The number of hydrogen-bond acceptors (Lipinski definition) is 3. The molecule has 1 aromatic rings. The zero-order chi connectivity index (χ0) is 13.9. The van der Waals surface area contributed by atoms with Crippen molar-refractivity contribution in [3.8, 4) is 5.75 Å². The maximum atomic E-state index is 13.1. The standard InChI is InChI=1S/C10H8F4O4/c11-5-2-1-3-6(8(5)9(16)17)18-4-7(15)10(12,13)14/h1-3,7,15H,4H2,(H,16,17). The fourth-order valence-corrected chi connectivity index (χ4v) is 1.10. The van der Waals surface area contributed by atoms with Crippen molar-refractivity contribution in [3.05, 3.63) is 29.6 Å². The van der Waals surface area contributed by atoms with Gasteiger partial charge in [-0.15, -0.1) is 0 Å². The summed E-state index contributed by atoms with van der Waals surface area (Å²) in [6.45, 7) is -1.22. The zero-order valence-electron chi connectivity index (χ0n) is 8.74. The molecule has 1 aromatic carbocycles. The first-order chi connectivity index (χ1) is 8.23. The second-order valence-electron chi connectivity index (χ2n) is 3.29. The Balaban J connectivity index is 2.86. The zero-order valence-corrected chi connectivity index (χ0v) is 8.74.